The van der Waals surface area contributed by atoms with Gasteiger partial charge in [-0.2, -0.15) is 0 Å². The monoisotopic (exact) mass is 252 g/mol. The number of rotatable bonds is 3. The van der Waals surface area contributed by atoms with Gasteiger partial charge in [0.05, 0.1) is 0 Å². The minimum atomic E-state index is 0.368. The van der Waals surface area contributed by atoms with Crippen molar-refractivity contribution in [1.82, 2.24) is 10.3 Å². The minimum absolute atomic E-state index is 0.368. The molecular formula is C17H20N2. The molecule has 2 unspecified atom stereocenters. The summed E-state index contributed by atoms with van der Waals surface area (Å²) in [4.78, 5) is 3.60. The molecule has 0 amide bonds. The highest BCUT2D eigenvalue weighted by Crippen LogP contribution is 2.34. The first-order chi connectivity index (χ1) is 9.29. The molecule has 2 heteroatoms. The lowest BCUT2D eigenvalue weighted by Crippen LogP contribution is -2.32. The maximum Gasteiger partial charge on any atom is 0.0478 e. The normalized spacial score (nSPS) is 19.9. The second-order valence-electron chi connectivity index (χ2n) is 5.48. The van der Waals surface area contributed by atoms with E-state index < -0.39 is 0 Å². The van der Waals surface area contributed by atoms with E-state index in [4.69, 9.17) is 6.42 Å². The number of terminal acetylenes is 1. The van der Waals surface area contributed by atoms with Crippen LogP contribution >= 0.6 is 0 Å². The van der Waals surface area contributed by atoms with Crippen LogP contribution in [0.5, 0.6) is 0 Å². The summed E-state index contributed by atoms with van der Waals surface area (Å²) in [7, 11) is 0. The number of H-pyrrole nitrogens is 1. The van der Waals surface area contributed by atoms with Crippen LogP contribution in [0.2, 0.25) is 0 Å². The Balaban J connectivity index is 1.94. The van der Waals surface area contributed by atoms with Crippen LogP contribution in [0.4, 0.5) is 0 Å². The fraction of sp³-hybridized carbons (Fsp3) is 0.412. The van der Waals surface area contributed by atoms with Crippen molar-refractivity contribution in [3.63, 3.8) is 0 Å². The zero-order chi connectivity index (χ0) is 13.2. The molecular weight excluding hydrogens is 232 g/mol. The van der Waals surface area contributed by atoms with Gasteiger partial charge in [0.1, 0.15) is 0 Å². The summed E-state index contributed by atoms with van der Waals surface area (Å²) in [5.41, 5.74) is 4.12. The van der Waals surface area contributed by atoms with E-state index in [0.717, 1.165) is 6.42 Å². The molecule has 19 heavy (non-hydrogen) atoms. The molecule has 2 atom stereocenters. The average molecular weight is 252 g/mol. The average Bonchev–Trinajstić information content (AvgIpc) is 2.79. The summed E-state index contributed by atoms with van der Waals surface area (Å²) in [5, 5.41) is 5.05. The van der Waals surface area contributed by atoms with Crippen molar-refractivity contribution in [1.29, 1.82) is 0 Å². The van der Waals surface area contributed by atoms with E-state index in [1.54, 1.807) is 0 Å². The largest absolute Gasteiger partial charge is 0.357 e. The Morgan fingerprint density at radius 3 is 3.16 bits per heavy atom. The van der Waals surface area contributed by atoms with Gasteiger partial charge in [-0.25, -0.2) is 0 Å². The molecule has 0 fully saturated rings. The van der Waals surface area contributed by atoms with Crippen LogP contribution in [0.25, 0.3) is 10.9 Å². The lowest BCUT2D eigenvalue weighted by atomic mass is 9.91. The lowest BCUT2D eigenvalue weighted by molar-refractivity contribution is 0.407. The quantitative estimate of drug-likeness (QED) is 0.803. The second-order valence-corrected chi connectivity index (χ2v) is 5.48. The van der Waals surface area contributed by atoms with Crippen LogP contribution in [0, 0.1) is 12.3 Å². The Labute approximate surface area is 114 Å². The molecule has 2 aromatic rings. The van der Waals surface area contributed by atoms with Gasteiger partial charge in [-0.3, -0.25) is 0 Å². The SMILES string of the molecule is C#CCC(C)NC1CCCc2c1[nH]c1ccccc21. The standard InChI is InChI=1S/C17H20N2/c1-3-7-12(2)18-16-11-6-9-14-13-8-4-5-10-15(13)19-17(14)16/h1,4-5,8,10,12,16,18-19H,6-7,9,11H2,2H3. The van der Waals surface area contributed by atoms with Gasteiger partial charge in [0.2, 0.25) is 0 Å². The van der Waals surface area contributed by atoms with E-state index in [2.05, 4.69) is 47.4 Å². The predicted molar refractivity (Wildman–Crippen MR) is 80.0 cm³/mol. The first-order valence-corrected chi connectivity index (χ1v) is 7.08. The molecule has 2 N–H and O–H groups in total. The molecule has 98 valence electrons. The van der Waals surface area contributed by atoms with E-state index in [1.807, 2.05) is 0 Å². The number of para-hydroxylation sites is 1. The summed E-state index contributed by atoms with van der Waals surface area (Å²) < 4.78 is 0. The Bertz CT molecular complexity index is 618. The first-order valence-electron chi connectivity index (χ1n) is 7.08. The zero-order valence-electron chi connectivity index (χ0n) is 11.4. The Hall–Kier alpha value is -1.72. The van der Waals surface area contributed by atoms with Crippen LogP contribution in [0.1, 0.15) is 43.5 Å². The highest BCUT2D eigenvalue weighted by Gasteiger charge is 2.24. The number of fused-ring (bicyclic) bond motifs is 3. The molecule has 1 heterocycles. The number of aromatic amines is 1. The fourth-order valence-electron chi connectivity index (χ4n) is 3.16. The molecule has 0 radical (unpaired) electrons. The number of hydrogen-bond acceptors (Lipinski definition) is 1. The van der Waals surface area contributed by atoms with Crippen molar-refractivity contribution in [2.45, 2.75) is 44.7 Å². The van der Waals surface area contributed by atoms with Crippen LogP contribution < -0.4 is 5.32 Å². The Kier molecular flexibility index (Phi) is 3.31. The predicted octanol–water partition coefficient (Wildman–Crippen LogP) is 3.55. The summed E-state index contributed by atoms with van der Waals surface area (Å²) in [6.07, 6.45) is 9.79. The summed E-state index contributed by atoms with van der Waals surface area (Å²) >= 11 is 0. The first kappa shape index (κ1) is 12.3. The minimum Gasteiger partial charge on any atom is -0.357 e. The van der Waals surface area contributed by atoms with Crippen LogP contribution in [-0.2, 0) is 6.42 Å². The summed E-state index contributed by atoms with van der Waals surface area (Å²) in [6, 6.07) is 9.38. The van der Waals surface area contributed by atoms with Crippen LogP contribution in [0.15, 0.2) is 24.3 Å². The van der Waals surface area contributed by atoms with E-state index in [0.29, 0.717) is 12.1 Å². The van der Waals surface area contributed by atoms with Gasteiger partial charge in [0.15, 0.2) is 0 Å². The van der Waals surface area contributed by atoms with Gasteiger partial charge in [0.25, 0.3) is 0 Å². The number of nitrogens with one attached hydrogen (secondary N) is 2. The molecule has 0 bridgehead atoms. The lowest BCUT2D eigenvalue weighted by Gasteiger charge is -2.26. The topological polar surface area (TPSA) is 27.8 Å². The Morgan fingerprint density at radius 1 is 1.47 bits per heavy atom. The van der Waals surface area contributed by atoms with Gasteiger partial charge in [-0.05, 0) is 37.8 Å². The molecule has 2 nitrogen and oxygen atoms in total. The smallest absolute Gasteiger partial charge is 0.0478 e. The maximum absolute atomic E-state index is 5.39. The Morgan fingerprint density at radius 2 is 2.32 bits per heavy atom. The van der Waals surface area contributed by atoms with Gasteiger partial charge >= 0.3 is 0 Å². The maximum atomic E-state index is 5.39. The van der Waals surface area contributed by atoms with Gasteiger partial charge in [0, 0.05) is 35.1 Å². The van der Waals surface area contributed by atoms with Crippen LogP contribution in [0.3, 0.4) is 0 Å². The number of aryl methyl sites for hydroxylation is 1. The molecule has 0 saturated carbocycles. The van der Waals surface area contributed by atoms with Gasteiger partial charge in [-0.15, -0.1) is 12.3 Å². The van der Waals surface area contributed by atoms with Crippen molar-refractivity contribution in [3.8, 4) is 12.3 Å². The van der Waals surface area contributed by atoms with E-state index in [9.17, 15) is 0 Å². The molecule has 0 spiro atoms. The van der Waals surface area contributed by atoms with Gasteiger partial charge in [-0.1, -0.05) is 18.2 Å². The fourth-order valence-corrected chi connectivity index (χ4v) is 3.16. The van der Waals surface area contributed by atoms with Crippen molar-refractivity contribution in [3.05, 3.63) is 35.5 Å². The van der Waals surface area contributed by atoms with E-state index in [-0.39, 0.29) is 0 Å². The summed E-state index contributed by atoms with van der Waals surface area (Å²) in [5.74, 6) is 2.73. The third-order valence-corrected chi connectivity index (χ3v) is 4.02. The van der Waals surface area contributed by atoms with E-state index in [1.165, 1.54) is 41.4 Å². The third kappa shape index (κ3) is 2.27. The van der Waals surface area contributed by atoms with Crippen molar-refractivity contribution < 1.29 is 0 Å². The molecule has 1 aliphatic rings. The third-order valence-electron chi connectivity index (χ3n) is 4.02. The molecule has 1 aromatic heterocycles. The summed E-state index contributed by atoms with van der Waals surface area (Å²) in [6.45, 7) is 2.16. The number of benzene rings is 1. The second kappa shape index (κ2) is 5.11. The molecule has 0 saturated heterocycles. The number of aromatic nitrogens is 1. The van der Waals surface area contributed by atoms with Crippen molar-refractivity contribution >= 4 is 10.9 Å². The molecule has 3 rings (SSSR count). The molecule has 1 aromatic carbocycles. The molecule has 1 aliphatic carbocycles. The van der Waals surface area contributed by atoms with Gasteiger partial charge < -0.3 is 10.3 Å². The highest BCUT2D eigenvalue weighted by molar-refractivity contribution is 5.85. The van der Waals surface area contributed by atoms with Crippen molar-refractivity contribution in [2.24, 2.45) is 0 Å². The van der Waals surface area contributed by atoms with Crippen LogP contribution in [-0.4, -0.2) is 11.0 Å². The van der Waals surface area contributed by atoms with Crippen molar-refractivity contribution in [2.75, 3.05) is 0 Å². The highest BCUT2D eigenvalue weighted by atomic mass is 15.0. The molecule has 0 aliphatic heterocycles. The number of hydrogen-bond donors (Lipinski definition) is 2. The zero-order valence-corrected chi connectivity index (χ0v) is 11.4. The van der Waals surface area contributed by atoms with E-state index >= 15 is 0 Å².